The van der Waals surface area contributed by atoms with Crippen molar-refractivity contribution in [1.29, 1.82) is 0 Å². The summed E-state index contributed by atoms with van der Waals surface area (Å²) in [4.78, 5) is 3.65. The van der Waals surface area contributed by atoms with Gasteiger partial charge in [-0.25, -0.2) is 4.98 Å². The molecule has 0 atom stereocenters. The third-order valence-corrected chi connectivity index (χ3v) is 1.59. The van der Waals surface area contributed by atoms with Crippen molar-refractivity contribution in [1.82, 2.24) is 9.55 Å². The molecule has 0 aromatic carbocycles. The van der Waals surface area contributed by atoms with Crippen LogP contribution >= 0.6 is 0 Å². The van der Waals surface area contributed by atoms with Gasteiger partial charge in [-0.05, 0) is 6.92 Å². The number of nitrogens with two attached hydrogens (primary N) is 1. The molecule has 6 nitrogen and oxygen atoms in total. The van der Waals surface area contributed by atoms with Crippen LogP contribution in [0, 0.1) is 0 Å². The van der Waals surface area contributed by atoms with Crippen LogP contribution in [0.5, 0.6) is 6.01 Å². The third kappa shape index (κ3) is 2.21. The molecule has 7 heteroatoms. The Hall–Kier alpha value is -1.08. The van der Waals surface area contributed by atoms with Crippen LogP contribution in [0.3, 0.4) is 0 Å². The highest BCUT2D eigenvalue weighted by Gasteiger charge is 2.09. The molecule has 0 bridgehead atoms. The molecule has 1 aromatic rings. The van der Waals surface area contributed by atoms with Crippen LogP contribution in [-0.4, -0.2) is 18.0 Å². The summed E-state index contributed by atoms with van der Waals surface area (Å²) < 4.78 is 26.8. The van der Waals surface area contributed by atoms with Crippen molar-refractivity contribution in [2.45, 2.75) is 13.5 Å². The predicted molar refractivity (Wildman–Crippen MR) is 41.6 cm³/mol. The zero-order chi connectivity index (χ0) is 9.19. The second-order valence-corrected chi connectivity index (χ2v) is 3.22. The Labute approximate surface area is 70.2 Å². The fraction of sp³-hybridized carbons (Fsp3) is 0.400. The van der Waals surface area contributed by atoms with Crippen LogP contribution in [0.25, 0.3) is 0 Å². The van der Waals surface area contributed by atoms with E-state index in [0.29, 0.717) is 6.54 Å². The molecule has 1 aromatic heterocycles. The minimum absolute atomic E-state index is 0.0139. The van der Waals surface area contributed by atoms with Crippen LogP contribution in [0.4, 0.5) is 0 Å². The second-order valence-electron chi connectivity index (χ2n) is 2.07. The molecule has 1 heterocycles. The van der Waals surface area contributed by atoms with Crippen molar-refractivity contribution in [3.63, 3.8) is 0 Å². The van der Waals surface area contributed by atoms with E-state index < -0.39 is 10.3 Å². The summed E-state index contributed by atoms with van der Waals surface area (Å²) in [5, 5.41) is 4.65. The molecule has 0 fully saturated rings. The number of hydrogen-bond acceptors (Lipinski definition) is 4. The van der Waals surface area contributed by atoms with Crippen LogP contribution in [0.15, 0.2) is 12.4 Å². The fourth-order valence-corrected chi connectivity index (χ4v) is 1.08. The number of imidazole rings is 1. The van der Waals surface area contributed by atoms with Crippen LogP contribution in [-0.2, 0) is 16.8 Å². The molecule has 0 amide bonds. The maximum Gasteiger partial charge on any atom is 0.382 e. The lowest BCUT2D eigenvalue weighted by Gasteiger charge is -2.02. The van der Waals surface area contributed by atoms with E-state index in [1.807, 2.05) is 6.92 Å². The van der Waals surface area contributed by atoms with Gasteiger partial charge in [-0.1, -0.05) is 0 Å². The quantitative estimate of drug-likeness (QED) is 0.696. The molecule has 0 aliphatic heterocycles. The minimum atomic E-state index is -3.96. The molecular formula is C5H9N3O3S. The molecule has 1 rings (SSSR count). The first-order valence-electron chi connectivity index (χ1n) is 3.26. The number of nitrogens with zero attached hydrogens (tertiary/aromatic N) is 2. The molecule has 0 saturated carbocycles. The highest BCUT2D eigenvalue weighted by molar-refractivity contribution is 7.84. The Morgan fingerprint density at radius 3 is 2.92 bits per heavy atom. The van der Waals surface area contributed by atoms with Gasteiger partial charge in [0.25, 0.3) is 0 Å². The highest BCUT2D eigenvalue weighted by Crippen LogP contribution is 2.07. The van der Waals surface area contributed by atoms with Crippen molar-refractivity contribution in [2.75, 3.05) is 0 Å². The summed E-state index contributed by atoms with van der Waals surface area (Å²) in [5.41, 5.74) is 0. The molecule has 0 saturated heterocycles. The average molecular weight is 191 g/mol. The summed E-state index contributed by atoms with van der Waals surface area (Å²) in [6, 6.07) is -0.0139. The van der Waals surface area contributed by atoms with E-state index in [9.17, 15) is 8.42 Å². The van der Waals surface area contributed by atoms with Crippen molar-refractivity contribution >= 4 is 10.3 Å². The van der Waals surface area contributed by atoms with Crippen molar-refractivity contribution in [2.24, 2.45) is 5.14 Å². The average Bonchev–Trinajstić information content (AvgIpc) is 2.31. The Morgan fingerprint density at radius 1 is 1.75 bits per heavy atom. The topological polar surface area (TPSA) is 87.2 Å². The molecule has 0 radical (unpaired) electrons. The Bertz CT molecular complexity index is 356. The first-order chi connectivity index (χ1) is 5.53. The zero-order valence-electron chi connectivity index (χ0n) is 6.47. The summed E-state index contributed by atoms with van der Waals surface area (Å²) in [5.74, 6) is 0. The number of aromatic nitrogens is 2. The number of rotatable bonds is 3. The van der Waals surface area contributed by atoms with Gasteiger partial charge in [0.2, 0.25) is 0 Å². The summed E-state index contributed by atoms with van der Waals surface area (Å²) in [6.07, 6.45) is 3.03. The molecule has 2 N–H and O–H groups in total. The van der Waals surface area contributed by atoms with E-state index >= 15 is 0 Å². The number of aryl methyl sites for hydroxylation is 1. The van der Waals surface area contributed by atoms with Gasteiger partial charge >= 0.3 is 16.3 Å². The predicted octanol–water partition coefficient (Wildman–Crippen LogP) is -0.515. The highest BCUT2D eigenvalue weighted by atomic mass is 32.2. The van der Waals surface area contributed by atoms with Crippen molar-refractivity contribution in [3.8, 4) is 6.01 Å². The smallest absolute Gasteiger partial charge is 0.333 e. The molecule has 0 aliphatic rings. The fourth-order valence-electron chi connectivity index (χ4n) is 0.729. The van der Waals surface area contributed by atoms with Crippen molar-refractivity contribution < 1.29 is 12.6 Å². The van der Waals surface area contributed by atoms with E-state index in [4.69, 9.17) is 0 Å². The molecule has 0 aliphatic carbocycles. The molecule has 68 valence electrons. The zero-order valence-corrected chi connectivity index (χ0v) is 7.28. The summed E-state index contributed by atoms with van der Waals surface area (Å²) in [6.45, 7) is 2.41. The first kappa shape index (κ1) is 9.01. The van der Waals surface area contributed by atoms with Gasteiger partial charge in [0, 0.05) is 18.9 Å². The van der Waals surface area contributed by atoms with Gasteiger partial charge in [0.05, 0.1) is 0 Å². The van der Waals surface area contributed by atoms with Gasteiger partial charge in [-0.3, -0.25) is 0 Å². The van der Waals surface area contributed by atoms with E-state index in [1.165, 1.54) is 10.8 Å². The maximum absolute atomic E-state index is 10.5. The minimum Gasteiger partial charge on any atom is -0.333 e. The van der Waals surface area contributed by atoms with Gasteiger partial charge in [0.1, 0.15) is 0 Å². The molecule has 12 heavy (non-hydrogen) atoms. The number of hydrogen-bond donors (Lipinski definition) is 1. The molecule has 0 unspecified atom stereocenters. The van der Waals surface area contributed by atoms with E-state index in [0.717, 1.165) is 0 Å². The van der Waals surface area contributed by atoms with Gasteiger partial charge < -0.3 is 8.75 Å². The lowest BCUT2D eigenvalue weighted by molar-refractivity contribution is 0.446. The lowest BCUT2D eigenvalue weighted by Crippen LogP contribution is -2.20. The Kier molecular flexibility index (Phi) is 2.34. The van der Waals surface area contributed by atoms with Gasteiger partial charge in [-0.15, -0.1) is 0 Å². The van der Waals surface area contributed by atoms with Crippen LogP contribution < -0.4 is 9.32 Å². The summed E-state index contributed by atoms with van der Waals surface area (Å²) >= 11 is 0. The van der Waals surface area contributed by atoms with Crippen molar-refractivity contribution in [3.05, 3.63) is 12.4 Å². The summed E-state index contributed by atoms with van der Waals surface area (Å²) in [7, 11) is -3.96. The van der Waals surface area contributed by atoms with E-state index in [-0.39, 0.29) is 6.01 Å². The van der Waals surface area contributed by atoms with Crippen LogP contribution in [0.2, 0.25) is 0 Å². The van der Waals surface area contributed by atoms with E-state index in [2.05, 4.69) is 14.3 Å². The molecule has 0 spiro atoms. The largest absolute Gasteiger partial charge is 0.382 e. The normalized spacial score (nSPS) is 11.5. The van der Waals surface area contributed by atoms with Gasteiger partial charge in [0.15, 0.2) is 0 Å². The first-order valence-corrected chi connectivity index (χ1v) is 4.73. The van der Waals surface area contributed by atoms with Gasteiger partial charge in [-0.2, -0.15) is 13.6 Å². The Balaban J connectivity index is 2.89. The molecular weight excluding hydrogens is 182 g/mol. The maximum atomic E-state index is 10.5. The van der Waals surface area contributed by atoms with Crippen LogP contribution in [0.1, 0.15) is 6.92 Å². The standard InChI is InChI=1S/C5H9N3O3S/c1-2-8-4-3-7-5(8)11-12(6,9)10/h3-4H,2H2,1H3,(H2,6,9,10). The van der Waals surface area contributed by atoms with E-state index in [1.54, 1.807) is 6.20 Å². The Morgan fingerprint density at radius 2 is 2.42 bits per heavy atom. The second kappa shape index (κ2) is 3.11. The third-order valence-electron chi connectivity index (χ3n) is 1.21. The lowest BCUT2D eigenvalue weighted by atomic mass is 10.7. The SMILES string of the molecule is CCn1ccnc1OS(N)(=O)=O. The monoisotopic (exact) mass is 191 g/mol.